The number of aliphatic hydroxyl groups is 1. The number of benzene rings is 2. The Labute approximate surface area is 194 Å². The zero-order valence-corrected chi connectivity index (χ0v) is 19.4. The molecule has 2 N–H and O–H groups in total. The van der Waals surface area contributed by atoms with Crippen LogP contribution in [0.5, 0.6) is 11.5 Å². The van der Waals surface area contributed by atoms with E-state index in [0.717, 1.165) is 0 Å². The van der Waals surface area contributed by atoms with Crippen molar-refractivity contribution in [1.29, 1.82) is 0 Å². The second kappa shape index (κ2) is 10.5. The van der Waals surface area contributed by atoms with Crippen molar-refractivity contribution in [3.63, 3.8) is 0 Å². The predicted molar refractivity (Wildman–Crippen MR) is 125 cm³/mol. The van der Waals surface area contributed by atoms with Crippen molar-refractivity contribution in [2.24, 2.45) is 5.92 Å². The molecule has 7 heteroatoms. The first-order chi connectivity index (χ1) is 15.7. The van der Waals surface area contributed by atoms with Gasteiger partial charge in [-0.3, -0.25) is 9.59 Å². The Bertz CT molecular complexity index is 1010. The van der Waals surface area contributed by atoms with Gasteiger partial charge in [0.1, 0.15) is 17.3 Å². The molecule has 0 spiro atoms. The Morgan fingerprint density at radius 3 is 2.21 bits per heavy atom. The molecule has 1 unspecified atom stereocenters. The summed E-state index contributed by atoms with van der Waals surface area (Å²) in [6, 6.07) is 12.2. The molecule has 3 rings (SSSR count). The number of phenolic OH excluding ortho intramolecular Hbond substituents is 1. The van der Waals surface area contributed by atoms with Crippen LogP contribution in [0.3, 0.4) is 0 Å². The van der Waals surface area contributed by atoms with Gasteiger partial charge in [-0.05, 0) is 61.7 Å². The molecule has 0 radical (unpaired) electrons. The molecule has 0 saturated carbocycles. The number of nitrogens with zero attached hydrogens (tertiary/aromatic N) is 1. The Kier molecular flexibility index (Phi) is 7.76. The number of phenols is 1. The van der Waals surface area contributed by atoms with Crippen molar-refractivity contribution >= 4 is 17.4 Å². The number of ether oxygens (including phenoxy) is 2. The van der Waals surface area contributed by atoms with Crippen molar-refractivity contribution in [2.45, 2.75) is 39.8 Å². The summed E-state index contributed by atoms with van der Waals surface area (Å²) in [5, 5.41) is 20.8. The smallest absolute Gasteiger partial charge is 0.295 e. The van der Waals surface area contributed by atoms with Gasteiger partial charge in [-0.15, -0.1) is 0 Å². The minimum atomic E-state index is -0.793. The summed E-state index contributed by atoms with van der Waals surface area (Å²) in [4.78, 5) is 27.3. The van der Waals surface area contributed by atoms with Crippen LogP contribution < -0.4 is 4.74 Å². The maximum absolute atomic E-state index is 13.0. The summed E-state index contributed by atoms with van der Waals surface area (Å²) in [6.07, 6.45) is -0.0228. The first-order valence-corrected chi connectivity index (χ1v) is 11.1. The maximum atomic E-state index is 13.0. The maximum Gasteiger partial charge on any atom is 0.295 e. The quantitative estimate of drug-likeness (QED) is 0.334. The van der Waals surface area contributed by atoms with Crippen LogP contribution in [0, 0.1) is 5.92 Å². The molecule has 33 heavy (non-hydrogen) atoms. The van der Waals surface area contributed by atoms with E-state index in [9.17, 15) is 19.8 Å². The van der Waals surface area contributed by atoms with E-state index in [-0.39, 0.29) is 36.3 Å². The number of hydrogen-bond acceptors (Lipinski definition) is 6. The summed E-state index contributed by atoms with van der Waals surface area (Å²) in [5.41, 5.74) is 1.02. The topological polar surface area (TPSA) is 96.3 Å². The fraction of sp³-hybridized carbons (Fsp3) is 0.385. The molecular formula is C26H31NO6. The minimum Gasteiger partial charge on any atom is -0.508 e. The summed E-state index contributed by atoms with van der Waals surface area (Å²) in [7, 11) is 0. The number of hydrogen-bond donors (Lipinski definition) is 2. The number of aromatic hydroxyl groups is 1. The molecule has 0 bridgehead atoms. The molecular weight excluding hydrogens is 422 g/mol. The number of rotatable bonds is 9. The average molecular weight is 454 g/mol. The van der Waals surface area contributed by atoms with Gasteiger partial charge in [-0.2, -0.15) is 0 Å². The summed E-state index contributed by atoms with van der Waals surface area (Å²) >= 11 is 0. The molecule has 176 valence electrons. The third kappa shape index (κ3) is 5.73. The number of carbonyl (C=O) groups excluding carboxylic acids is 2. The summed E-state index contributed by atoms with van der Waals surface area (Å²) < 4.78 is 11.3. The molecule has 2 aromatic carbocycles. The zero-order valence-electron chi connectivity index (χ0n) is 19.4. The summed E-state index contributed by atoms with van der Waals surface area (Å²) in [6.45, 7) is 8.88. The van der Waals surface area contributed by atoms with Crippen molar-refractivity contribution in [3.05, 3.63) is 65.2 Å². The van der Waals surface area contributed by atoms with E-state index >= 15 is 0 Å². The third-order valence-corrected chi connectivity index (χ3v) is 5.24. The molecule has 1 aliphatic rings. The average Bonchev–Trinajstić information content (AvgIpc) is 3.03. The van der Waals surface area contributed by atoms with Crippen molar-refractivity contribution in [2.75, 3.05) is 19.8 Å². The van der Waals surface area contributed by atoms with Crippen molar-refractivity contribution < 1.29 is 29.3 Å². The normalized spacial score (nSPS) is 17.9. The molecule has 1 saturated heterocycles. The van der Waals surface area contributed by atoms with Gasteiger partial charge in [0.25, 0.3) is 11.7 Å². The van der Waals surface area contributed by atoms with Gasteiger partial charge in [-0.1, -0.05) is 26.0 Å². The number of ketones is 1. The largest absolute Gasteiger partial charge is 0.508 e. The van der Waals surface area contributed by atoms with Gasteiger partial charge in [0.15, 0.2) is 0 Å². The highest BCUT2D eigenvalue weighted by Gasteiger charge is 2.45. The lowest BCUT2D eigenvalue weighted by atomic mass is 9.95. The fourth-order valence-electron chi connectivity index (χ4n) is 3.63. The highest BCUT2D eigenvalue weighted by Crippen LogP contribution is 2.39. The van der Waals surface area contributed by atoms with Crippen LogP contribution in [0.25, 0.3) is 5.76 Å². The van der Waals surface area contributed by atoms with E-state index in [1.807, 2.05) is 13.8 Å². The van der Waals surface area contributed by atoms with E-state index in [4.69, 9.17) is 9.47 Å². The number of likely N-dealkylation sites (tertiary alicyclic amines) is 1. The molecule has 2 aromatic rings. The Morgan fingerprint density at radius 1 is 1.00 bits per heavy atom. The van der Waals surface area contributed by atoms with E-state index in [1.165, 1.54) is 17.0 Å². The lowest BCUT2D eigenvalue weighted by molar-refractivity contribution is -0.140. The molecule has 7 nitrogen and oxygen atoms in total. The lowest BCUT2D eigenvalue weighted by Gasteiger charge is -2.25. The Balaban J connectivity index is 1.99. The van der Waals surface area contributed by atoms with Gasteiger partial charge in [0, 0.05) is 12.1 Å². The van der Waals surface area contributed by atoms with E-state index in [2.05, 4.69) is 13.8 Å². The number of amides is 1. The molecule has 1 aliphatic heterocycles. The highest BCUT2D eigenvalue weighted by molar-refractivity contribution is 6.46. The van der Waals surface area contributed by atoms with Crippen LogP contribution in [0.4, 0.5) is 0 Å². The standard InChI is InChI=1S/C26H31NO6/c1-16(2)15-33-21-11-7-19(8-12-21)24(29)22-23(18-5-9-20(28)10-6-18)27(26(31)25(22)30)13-14-32-17(3)4/h5-12,16-17,23,28-29H,13-15H2,1-4H3/b24-22-. The van der Waals surface area contributed by atoms with Crippen LogP contribution in [0.2, 0.25) is 0 Å². The van der Waals surface area contributed by atoms with Gasteiger partial charge in [0.05, 0.1) is 30.9 Å². The molecule has 1 heterocycles. The van der Waals surface area contributed by atoms with Crippen LogP contribution in [0.1, 0.15) is 44.9 Å². The fourth-order valence-corrected chi connectivity index (χ4v) is 3.63. The van der Waals surface area contributed by atoms with Gasteiger partial charge in [-0.25, -0.2) is 0 Å². The van der Waals surface area contributed by atoms with Crippen LogP contribution >= 0.6 is 0 Å². The second-order valence-electron chi connectivity index (χ2n) is 8.73. The number of carbonyl (C=O) groups is 2. The van der Waals surface area contributed by atoms with Gasteiger partial charge >= 0.3 is 0 Å². The lowest BCUT2D eigenvalue weighted by Crippen LogP contribution is -2.33. The van der Waals surface area contributed by atoms with Crippen LogP contribution in [0.15, 0.2) is 54.1 Å². The van der Waals surface area contributed by atoms with Crippen molar-refractivity contribution in [1.82, 2.24) is 4.90 Å². The SMILES string of the molecule is CC(C)COc1ccc(/C(O)=C2/C(=O)C(=O)N(CCOC(C)C)C2c2ccc(O)cc2)cc1. The van der Waals surface area contributed by atoms with Crippen molar-refractivity contribution in [3.8, 4) is 11.5 Å². The monoisotopic (exact) mass is 453 g/mol. The molecule has 1 amide bonds. The Morgan fingerprint density at radius 2 is 1.64 bits per heavy atom. The first kappa shape index (κ1) is 24.3. The molecule has 0 aromatic heterocycles. The van der Waals surface area contributed by atoms with Crippen LogP contribution in [-0.2, 0) is 14.3 Å². The number of aliphatic hydroxyl groups excluding tert-OH is 1. The third-order valence-electron chi connectivity index (χ3n) is 5.24. The van der Waals surface area contributed by atoms with E-state index in [0.29, 0.717) is 29.4 Å². The van der Waals surface area contributed by atoms with E-state index < -0.39 is 17.7 Å². The van der Waals surface area contributed by atoms with Crippen LogP contribution in [-0.4, -0.2) is 52.7 Å². The highest BCUT2D eigenvalue weighted by atomic mass is 16.5. The summed E-state index contributed by atoms with van der Waals surface area (Å²) in [5.74, 6) is -0.611. The zero-order chi connectivity index (χ0) is 24.1. The molecule has 0 aliphatic carbocycles. The predicted octanol–water partition coefficient (Wildman–Crippen LogP) is 4.27. The second-order valence-corrected chi connectivity index (χ2v) is 8.73. The van der Waals surface area contributed by atoms with Gasteiger partial charge in [0.2, 0.25) is 0 Å². The first-order valence-electron chi connectivity index (χ1n) is 11.1. The number of Topliss-reactive ketones (excluding diaryl/α,β-unsaturated/α-hetero) is 1. The molecule has 1 atom stereocenters. The minimum absolute atomic E-state index is 0.00563. The molecule has 1 fully saturated rings. The van der Waals surface area contributed by atoms with E-state index in [1.54, 1.807) is 36.4 Å². The van der Waals surface area contributed by atoms with Gasteiger partial charge < -0.3 is 24.6 Å². The Hall–Kier alpha value is -3.32.